The van der Waals surface area contributed by atoms with E-state index in [0.29, 0.717) is 6.04 Å². The second kappa shape index (κ2) is 6.53. The molecule has 0 saturated carbocycles. The van der Waals surface area contributed by atoms with Crippen LogP contribution < -0.4 is 5.32 Å². The number of aromatic nitrogens is 2. The molecule has 1 atom stereocenters. The average molecular weight is 257 g/mol. The molecule has 1 aromatic heterocycles. The summed E-state index contributed by atoms with van der Waals surface area (Å²) in [6.45, 7) is 5.37. The van der Waals surface area contributed by atoms with Crippen molar-refractivity contribution in [1.29, 1.82) is 0 Å². The molecule has 2 rings (SSSR count). The van der Waals surface area contributed by atoms with Crippen molar-refractivity contribution in [3.8, 4) is 0 Å². The van der Waals surface area contributed by atoms with Crippen LogP contribution in [0, 0.1) is 0 Å². The Morgan fingerprint density at radius 1 is 1.21 bits per heavy atom. The van der Waals surface area contributed by atoms with Gasteiger partial charge < -0.3 is 5.32 Å². The molecule has 0 spiro atoms. The van der Waals surface area contributed by atoms with Gasteiger partial charge in [0.1, 0.15) is 0 Å². The van der Waals surface area contributed by atoms with E-state index in [-0.39, 0.29) is 0 Å². The molecule has 0 aliphatic rings. The van der Waals surface area contributed by atoms with E-state index in [1.54, 1.807) is 0 Å². The van der Waals surface area contributed by atoms with Gasteiger partial charge in [-0.2, -0.15) is 5.10 Å². The minimum Gasteiger partial charge on any atom is -0.310 e. The molecule has 1 aromatic carbocycles. The fourth-order valence-electron chi connectivity index (χ4n) is 2.22. The zero-order valence-electron chi connectivity index (χ0n) is 12.1. The van der Waals surface area contributed by atoms with E-state index in [9.17, 15) is 0 Å². The lowest BCUT2D eigenvalue weighted by Crippen LogP contribution is -2.22. The Hall–Kier alpha value is -1.61. The monoisotopic (exact) mass is 257 g/mol. The fourth-order valence-corrected chi connectivity index (χ4v) is 2.22. The highest BCUT2D eigenvalue weighted by Gasteiger charge is 2.05. The number of hydrogen-bond donors (Lipinski definition) is 1. The lowest BCUT2D eigenvalue weighted by molar-refractivity contribution is 0.564. The summed E-state index contributed by atoms with van der Waals surface area (Å²) >= 11 is 0. The van der Waals surface area contributed by atoms with Crippen LogP contribution in [0.25, 0.3) is 0 Å². The van der Waals surface area contributed by atoms with Crippen LogP contribution in [-0.4, -0.2) is 16.3 Å². The van der Waals surface area contributed by atoms with Crippen molar-refractivity contribution in [2.75, 3.05) is 6.54 Å². The van der Waals surface area contributed by atoms with Gasteiger partial charge in [0.15, 0.2) is 0 Å². The van der Waals surface area contributed by atoms with Gasteiger partial charge >= 0.3 is 0 Å². The predicted molar refractivity (Wildman–Crippen MR) is 79.1 cm³/mol. The molecule has 19 heavy (non-hydrogen) atoms. The first-order chi connectivity index (χ1) is 9.20. The first-order valence-electron chi connectivity index (χ1n) is 6.99. The van der Waals surface area contributed by atoms with Crippen LogP contribution >= 0.6 is 0 Å². The van der Waals surface area contributed by atoms with Crippen molar-refractivity contribution in [2.45, 2.75) is 32.7 Å². The van der Waals surface area contributed by atoms with Crippen LogP contribution in [-0.2, 0) is 19.9 Å². The Morgan fingerprint density at radius 3 is 2.53 bits per heavy atom. The van der Waals surface area contributed by atoms with Crippen LogP contribution in [0.15, 0.2) is 36.5 Å². The Bertz CT molecular complexity index is 499. The fraction of sp³-hybridized carbons (Fsp3) is 0.438. The largest absolute Gasteiger partial charge is 0.310 e. The van der Waals surface area contributed by atoms with E-state index in [1.807, 2.05) is 17.9 Å². The van der Waals surface area contributed by atoms with Gasteiger partial charge in [-0.3, -0.25) is 4.68 Å². The summed E-state index contributed by atoms with van der Waals surface area (Å²) in [7, 11) is 1.99. The van der Waals surface area contributed by atoms with Crippen LogP contribution in [0.3, 0.4) is 0 Å². The smallest absolute Gasteiger partial charge is 0.0492 e. The number of benzene rings is 1. The maximum Gasteiger partial charge on any atom is 0.0492 e. The van der Waals surface area contributed by atoms with Crippen LogP contribution in [0.1, 0.15) is 36.7 Å². The van der Waals surface area contributed by atoms with Crippen LogP contribution in [0.4, 0.5) is 0 Å². The van der Waals surface area contributed by atoms with E-state index < -0.39 is 0 Å². The van der Waals surface area contributed by atoms with E-state index in [0.717, 1.165) is 19.4 Å². The van der Waals surface area contributed by atoms with Gasteiger partial charge in [0.25, 0.3) is 0 Å². The molecular formula is C16H23N3. The number of rotatable bonds is 6. The number of hydrogen-bond acceptors (Lipinski definition) is 2. The quantitative estimate of drug-likeness (QED) is 0.862. The molecule has 0 fully saturated rings. The van der Waals surface area contributed by atoms with Crippen molar-refractivity contribution < 1.29 is 0 Å². The Balaban J connectivity index is 1.83. The number of aryl methyl sites for hydroxylation is 2. The highest BCUT2D eigenvalue weighted by molar-refractivity contribution is 5.24. The third-order valence-corrected chi connectivity index (χ3v) is 3.64. The summed E-state index contributed by atoms with van der Waals surface area (Å²) in [5.41, 5.74) is 4.01. The van der Waals surface area contributed by atoms with Crippen molar-refractivity contribution in [3.63, 3.8) is 0 Å². The van der Waals surface area contributed by atoms with Crippen molar-refractivity contribution in [2.24, 2.45) is 7.05 Å². The second-order valence-corrected chi connectivity index (χ2v) is 4.97. The summed E-state index contributed by atoms with van der Waals surface area (Å²) in [6.07, 6.45) is 3.96. The summed E-state index contributed by atoms with van der Waals surface area (Å²) < 4.78 is 1.93. The van der Waals surface area contributed by atoms with E-state index in [4.69, 9.17) is 0 Å². The van der Waals surface area contributed by atoms with Gasteiger partial charge in [0.05, 0.1) is 0 Å². The van der Waals surface area contributed by atoms with Crippen molar-refractivity contribution in [1.82, 2.24) is 15.1 Å². The molecule has 3 heteroatoms. The van der Waals surface area contributed by atoms with Crippen LogP contribution in [0.5, 0.6) is 0 Å². The molecule has 3 nitrogen and oxygen atoms in total. The SMILES string of the molecule is CCc1ccc(C(C)NCCc2ccnn2C)cc1. The van der Waals surface area contributed by atoms with Gasteiger partial charge in [0.2, 0.25) is 0 Å². The highest BCUT2D eigenvalue weighted by atomic mass is 15.3. The summed E-state index contributed by atoms with van der Waals surface area (Å²) in [6, 6.07) is 11.3. The average Bonchev–Trinajstić information content (AvgIpc) is 2.84. The molecule has 2 aromatic rings. The maximum absolute atomic E-state index is 4.18. The minimum atomic E-state index is 0.388. The molecule has 0 amide bonds. The van der Waals surface area contributed by atoms with E-state index >= 15 is 0 Å². The Labute approximate surface area is 115 Å². The van der Waals surface area contributed by atoms with Gasteiger partial charge in [-0.05, 0) is 30.5 Å². The molecule has 0 bridgehead atoms. The summed E-state index contributed by atoms with van der Waals surface area (Å²) in [4.78, 5) is 0. The van der Waals surface area contributed by atoms with Gasteiger partial charge in [-0.15, -0.1) is 0 Å². The highest BCUT2D eigenvalue weighted by Crippen LogP contribution is 2.13. The van der Waals surface area contributed by atoms with Gasteiger partial charge in [0, 0.05) is 37.9 Å². The summed E-state index contributed by atoms with van der Waals surface area (Å²) in [5, 5.41) is 7.74. The molecule has 102 valence electrons. The minimum absolute atomic E-state index is 0.388. The molecule has 1 unspecified atom stereocenters. The molecule has 0 aliphatic carbocycles. The molecule has 0 radical (unpaired) electrons. The Kier molecular flexibility index (Phi) is 4.74. The molecule has 1 heterocycles. The standard InChI is InChI=1S/C16H23N3/c1-4-14-5-7-15(8-6-14)13(2)17-11-9-16-10-12-18-19(16)3/h5-8,10,12-13,17H,4,9,11H2,1-3H3. The first-order valence-corrected chi connectivity index (χ1v) is 6.99. The first kappa shape index (κ1) is 13.8. The van der Waals surface area contributed by atoms with Crippen molar-refractivity contribution >= 4 is 0 Å². The molecule has 0 saturated heterocycles. The molecule has 0 aliphatic heterocycles. The third-order valence-electron chi connectivity index (χ3n) is 3.64. The number of nitrogens with one attached hydrogen (secondary N) is 1. The lowest BCUT2D eigenvalue weighted by atomic mass is 10.0. The Morgan fingerprint density at radius 2 is 1.95 bits per heavy atom. The number of nitrogens with zero attached hydrogens (tertiary/aromatic N) is 2. The lowest BCUT2D eigenvalue weighted by Gasteiger charge is -2.14. The van der Waals surface area contributed by atoms with Gasteiger partial charge in [-0.25, -0.2) is 0 Å². The molecular weight excluding hydrogens is 234 g/mol. The van der Waals surface area contributed by atoms with E-state index in [1.165, 1.54) is 16.8 Å². The third kappa shape index (κ3) is 3.67. The summed E-state index contributed by atoms with van der Waals surface area (Å²) in [5.74, 6) is 0. The van der Waals surface area contributed by atoms with E-state index in [2.05, 4.69) is 54.6 Å². The predicted octanol–water partition coefficient (Wildman–Crippen LogP) is 2.88. The van der Waals surface area contributed by atoms with Gasteiger partial charge in [-0.1, -0.05) is 31.2 Å². The van der Waals surface area contributed by atoms with Crippen molar-refractivity contribution in [3.05, 3.63) is 53.3 Å². The normalized spacial score (nSPS) is 12.6. The van der Waals surface area contributed by atoms with Crippen LogP contribution in [0.2, 0.25) is 0 Å². The second-order valence-electron chi connectivity index (χ2n) is 4.97. The maximum atomic E-state index is 4.18. The zero-order valence-corrected chi connectivity index (χ0v) is 12.1. The molecule has 1 N–H and O–H groups in total. The zero-order chi connectivity index (χ0) is 13.7. The topological polar surface area (TPSA) is 29.9 Å².